The van der Waals surface area contributed by atoms with Gasteiger partial charge in [0.2, 0.25) is 5.95 Å². The minimum Gasteiger partial charge on any atom is -0.351 e. The molecule has 1 N–H and O–H groups in total. The van der Waals surface area contributed by atoms with Crippen molar-refractivity contribution in [2.24, 2.45) is 7.05 Å². The smallest absolute Gasteiger partial charge is 0.225 e. The number of rotatable bonds is 5. The topological polar surface area (TPSA) is 104 Å². The van der Waals surface area contributed by atoms with Crippen molar-refractivity contribution < 1.29 is 0 Å². The summed E-state index contributed by atoms with van der Waals surface area (Å²) >= 11 is 0. The molecule has 0 amide bonds. The lowest BCUT2D eigenvalue weighted by Gasteiger charge is -2.35. The van der Waals surface area contributed by atoms with Crippen LogP contribution in [0.3, 0.4) is 0 Å². The van der Waals surface area contributed by atoms with E-state index in [0.717, 1.165) is 54.2 Å². The van der Waals surface area contributed by atoms with Gasteiger partial charge in [0, 0.05) is 80.3 Å². The van der Waals surface area contributed by atoms with Gasteiger partial charge in [-0.05, 0) is 6.07 Å². The Bertz CT molecular complexity index is 1480. The third-order valence-corrected chi connectivity index (χ3v) is 6.28. The monoisotopic (exact) mass is 500 g/mol. The molecule has 1 aromatic carbocycles. The first-order chi connectivity index (χ1) is 17.2. The predicted octanol–water partition coefficient (Wildman–Crippen LogP) is 3.08. The Morgan fingerprint density at radius 3 is 2.22 bits per heavy atom. The minimum absolute atomic E-state index is 0. The molecule has 5 aromatic rings. The largest absolute Gasteiger partial charge is 0.351 e. The van der Waals surface area contributed by atoms with Crippen LogP contribution < -0.4 is 9.80 Å². The number of anilines is 2. The first kappa shape index (κ1) is 23.4. The van der Waals surface area contributed by atoms with Crippen LogP contribution in [0.15, 0.2) is 73.7 Å². The number of aryl methyl sites for hydroxylation is 1. The lowest BCUT2D eigenvalue weighted by atomic mass is 10.1. The maximum absolute atomic E-state index is 8.41. The molecular formula is C25H25ClN10. The van der Waals surface area contributed by atoms with Crippen LogP contribution >= 0.6 is 12.4 Å². The third-order valence-electron chi connectivity index (χ3n) is 6.28. The first-order valence-electron chi connectivity index (χ1n) is 11.4. The maximum Gasteiger partial charge on any atom is 0.225 e. The molecule has 4 aromatic heterocycles. The zero-order valence-corrected chi connectivity index (χ0v) is 20.5. The number of hydrogen-bond donors (Lipinski definition) is 1. The summed E-state index contributed by atoms with van der Waals surface area (Å²) in [5, 5.41) is 17.1. The molecule has 0 bridgehead atoms. The van der Waals surface area contributed by atoms with Crippen molar-refractivity contribution in [3.63, 3.8) is 0 Å². The summed E-state index contributed by atoms with van der Waals surface area (Å²) in [6.45, 7) is 3.15. The second-order valence-corrected chi connectivity index (χ2v) is 8.53. The van der Waals surface area contributed by atoms with Crippen LogP contribution in [-0.2, 0) is 7.05 Å². The average Bonchev–Trinajstić information content (AvgIpc) is 3.55. The molecule has 5 heterocycles. The van der Waals surface area contributed by atoms with Crippen LogP contribution in [0.25, 0.3) is 16.6 Å². The lowest BCUT2D eigenvalue weighted by Crippen LogP contribution is -2.47. The Kier molecular flexibility index (Phi) is 6.34. The summed E-state index contributed by atoms with van der Waals surface area (Å²) in [7, 11) is 1.91. The molecule has 0 spiro atoms. The summed E-state index contributed by atoms with van der Waals surface area (Å²) in [5.74, 6) is 1.60. The minimum atomic E-state index is 0. The van der Waals surface area contributed by atoms with Gasteiger partial charge in [-0.25, -0.2) is 19.5 Å². The van der Waals surface area contributed by atoms with Crippen LogP contribution in [-0.4, -0.2) is 66.2 Å². The van der Waals surface area contributed by atoms with Gasteiger partial charge in [-0.15, -0.1) is 12.4 Å². The van der Waals surface area contributed by atoms with Gasteiger partial charge in [0.05, 0.1) is 11.9 Å². The third kappa shape index (κ3) is 4.38. The molecule has 1 aliphatic heterocycles. The first-order valence-corrected chi connectivity index (χ1v) is 11.4. The standard InChI is InChI=1S/C25H24N10.ClH/c1-32-15-21(14-30-32)19-11-22-24(29-17-31-35(22)16-19)33-7-9-34(10-8-33)25-27-12-20(13-28-25)23(26)18-5-3-2-4-6-18;/h2-6,11-17,26H,7-10H2,1H3;1H. The molecule has 1 aliphatic rings. The van der Waals surface area contributed by atoms with E-state index in [9.17, 15) is 0 Å². The van der Waals surface area contributed by atoms with Gasteiger partial charge in [-0.1, -0.05) is 30.3 Å². The molecule has 6 rings (SSSR count). The molecule has 0 radical (unpaired) electrons. The van der Waals surface area contributed by atoms with Crippen molar-refractivity contribution in [3.05, 3.63) is 84.8 Å². The van der Waals surface area contributed by atoms with Crippen molar-refractivity contribution in [2.45, 2.75) is 0 Å². The SMILES string of the molecule is Cl.Cn1cc(-c2cc3c(N4CCN(c5ncc(C(=N)c6ccccc6)cn5)CC4)ncnn3c2)cn1. The summed E-state index contributed by atoms with van der Waals surface area (Å²) in [6.07, 6.45) is 10.9. The highest BCUT2D eigenvalue weighted by Gasteiger charge is 2.22. The Hall–Kier alpha value is -4.31. The number of aromatic nitrogens is 7. The van der Waals surface area contributed by atoms with Crippen LogP contribution in [0.4, 0.5) is 11.8 Å². The molecular weight excluding hydrogens is 476 g/mol. The Labute approximate surface area is 214 Å². The number of nitrogens with zero attached hydrogens (tertiary/aromatic N) is 9. The van der Waals surface area contributed by atoms with Gasteiger partial charge in [0.25, 0.3) is 0 Å². The van der Waals surface area contributed by atoms with Gasteiger partial charge in [-0.2, -0.15) is 10.2 Å². The number of benzene rings is 1. The van der Waals surface area contributed by atoms with E-state index in [-0.39, 0.29) is 12.4 Å². The molecule has 182 valence electrons. The van der Waals surface area contributed by atoms with Gasteiger partial charge in [0.1, 0.15) is 11.8 Å². The van der Waals surface area contributed by atoms with E-state index >= 15 is 0 Å². The molecule has 0 unspecified atom stereocenters. The summed E-state index contributed by atoms with van der Waals surface area (Å²) in [4.78, 5) is 18.2. The lowest BCUT2D eigenvalue weighted by molar-refractivity contribution is 0.633. The predicted molar refractivity (Wildman–Crippen MR) is 141 cm³/mol. The van der Waals surface area contributed by atoms with Gasteiger partial charge in [-0.3, -0.25) is 10.1 Å². The highest BCUT2D eigenvalue weighted by molar-refractivity contribution is 6.10. The Morgan fingerprint density at radius 1 is 0.806 bits per heavy atom. The quantitative estimate of drug-likeness (QED) is 0.370. The van der Waals surface area contributed by atoms with E-state index in [4.69, 9.17) is 5.41 Å². The second kappa shape index (κ2) is 9.74. The fraction of sp³-hybridized carbons (Fsp3) is 0.200. The molecule has 0 aliphatic carbocycles. The average molecular weight is 501 g/mol. The van der Waals surface area contributed by atoms with Crippen molar-refractivity contribution in [3.8, 4) is 11.1 Å². The van der Waals surface area contributed by atoms with Crippen LogP contribution in [0.5, 0.6) is 0 Å². The van der Waals surface area contributed by atoms with Crippen LogP contribution in [0.2, 0.25) is 0 Å². The Morgan fingerprint density at radius 2 is 1.53 bits per heavy atom. The van der Waals surface area contributed by atoms with Gasteiger partial charge < -0.3 is 9.80 Å². The van der Waals surface area contributed by atoms with Crippen molar-refractivity contribution in [1.29, 1.82) is 5.41 Å². The fourth-order valence-electron chi connectivity index (χ4n) is 4.39. The van der Waals surface area contributed by atoms with E-state index in [1.54, 1.807) is 23.4 Å². The highest BCUT2D eigenvalue weighted by Crippen LogP contribution is 2.27. The number of nitrogens with one attached hydrogen (secondary N) is 1. The molecule has 10 nitrogen and oxygen atoms in total. The molecule has 0 atom stereocenters. The van der Waals surface area contributed by atoms with Gasteiger partial charge in [0.15, 0.2) is 5.82 Å². The molecule has 36 heavy (non-hydrogen) atoms. The summed E-state index contributed by atoms with van der Waals surface area (Å²) < 4.78 is 3.67. The highest BCUT2D eigenvalue weighted by atomic mass is 35.5. The van der Waals surface area contributed by atoms with E-state index in [1.807, 2.05) is 60.5 Å². The normalized spacial score (nSPS) is 13.6. The number of hydrogen-bond acceptors (Lipinski definition) is 8. The summed E-state index contributed by atoms with van der Waals surface area (Å²) in [5.41, 5.74) is 5.07. The van der Waals surface area contributed by atoms with E-state index in [2.05, 4.69) is 41.0 Å². The number of halogens is 1. The molecule has 1 saturated heterocycles. The zero-order chi connectivity index (χ0) is 23.8. The molecule has 1 fully saturated rings. The van der Waals surface area contributed by atoms with Crippen LogP contribution in [0.1, 0.15) is 11.1 Å². The van der Waals surface area contributed by atoms with Crippen molar-refractivity contribution in [2.75, 3.05) is 36.0 Å². The van der Waals surface area contributed by atoms with Crippen molar-refractivity contribution >= 4 is 35.4 Å². The Balaban J connectivity index is 0.00000267. The molecule has 11 heteroatoms. The number of fused-ring (bicyclic) bond motifs is 1. The molecule has 0 saturated carbocycles. The summed E-state index contributed by atoms with van der Waals surface area (Å²) in [6, 6.07) is 11.8. The maximum atomic E-state index is 8.41. The van der Waals surface area contributed by atoms with E-state index in [1.165, 1.54) is 0 Å². The van der Waals surface area contributed by atoms with Crippen molar-refractivity contribution in [1.82, 2.24) is 34.3 Å². The van der Waals surface area contributed by atoms with Crippen LogP contribution in [0, 0.1) is 5.41 Å². The second-order valence-electron chi connectivity index (χ2n) is 8.53. The van der Waals surface area contributed by atoms with Gasteiger partial charge >= 0.3 is 0 Å². The van der Waals surface area contributed by atoms with E-state index < -0.39 is 0 Å². The zero-order valence-electron chi connectivity index (χ0n) is 19.7. The number of piperazine rings is 1. The van der Waals surface area contributed by atoms with E-state index in [0.29, 0.717) is 17.2 Å². The fourth-order valence-corrected chi connectivity index (χ4v) is 4.39.